The molecule has 0 aliphatic heterocycles. The Hall–Kier alpha value is -0.860. The second-order valence-electron chi connectivity index (χ2n) is 5.90. The molecule has 0 aromatic heterocycles. The zero-order valence-electron chi connectivity index (χ0n) is 12.2. The lowest BCUT2D eigenvalue weighted by Gasteiger charge is -2.22. The van der Waals surface area contributed by atoms with E-state index in [2.05, 4.69) is 42.2 Å². The lowest BCUT2D eigenvalue weighted by molar-refractivity contribution is 0.255. The summed E-state index contributed by atoms with van der Waals surface area (Å²) < 4.78 is 0. The first-order valence-corrected chi connectivity index (χ1v) is 7.82. The molecular weight excluding hydrogens is 232 g/mol. The van der Waals surface area contributed by atoms with Crippen molar-refractivity contribution >= 4 is 0 Å². The summed E-state index contributed by atoms with van der Waals surface area (Å²) >= 11 is 0. The lowest BCUT2D eigenvalue weighted by Crippen LogP contribution is -2.28. The van der Waals surface area contributed by atoms with E-state index >= 15 is 0 Å². The van der Waals surface area contributed by atoms with Gasteiger partial charge in [-0.15, -0.1) is 0 Å². The summed E-state index contributed by atoms with van der Waals surface area (Å²) in [7, 11) is 0. The first-order chi connectivity index (χ1) is 9.29. The first-order valence-electron chi connectivity index (χ1n) is 7.82. The minimum Gasteiger partial charge on any atom is -0.324 e. The Morgan fingerprint density at radius 2 is 1.95 bits per heavy atom. The molecule has 1 fully saturated rings. The summed E-state index contributed by atoms with van der Waals surface area (Å²) in [6.07, 6.45) is 6.46. The maximum Gasteiger partial charge on any atom is 0.0295 e. The fourth-order valence-electron chi connectivity index (χ4n) is 2.68. The van der Waals surface area contributed by atoms with Gasteiger partial charge in [-0.1, -0.05) is 37.3 Å². The number of hydrogen-bond donors (Lipinski definition) is 1. The monoisotopic (exact) mass is 260 g/mol. The van der Waals surface area contributed by atoms with Crippen LogP contribution >= 0.6 is 0 Å². The molecule has 1 unspecified atom stereocenters. The van der Waals surface area contributed by atoms with Crippen molar-refractivity contribution in [1.82, 2.24) is 4.90 Å². The molecule has 1 saturated carbocycles. The standard InChI is InChI=1S/C17H28N2/c1-2-12-19(14-15-10-11-15)13-6-9-17(18)16-7-4-3-5-8-16/h3-5,7-8,15,17H,2,6,9-14,18H2,1H3. The number of rotatable bonds is 9. The van der Waals surface area contributed by atoms with Gasteiger partial charge >= 0.3 is 0 Å². The lowest BCUT2D eigenvalue weighted by atomic mass is 10.0. The van der Waals surface area contributed by atoms with E-state index < -0.39 is 0 Å². The van der Waals surface area contributed by atoms with Crippen LogP contribution in [0, 0.1) is 5.92 Å². The van der Waals surface area contributed by atoms with E-state index in [1.54, 1.807) is 0 Å². The molecule has 0 radical (unpaired) electrons. The van der Waals surface area contributed by atoms with E-state index in [4.69, 9.17) is 5.73 Å². The molecule has 2 rings (SSSR count). The molecule has 2 nitrogen and oxygen atoms in total. The van der Waals surface area contributed by atoms with Gasteiger partial charge in [-0.05, 0) is 56.7 Å². The second-order valence-corrected chi connectivity index (χ2v) is 5.90. The van der Waals surface area contributed by atoms with Gasteiger partial charge < -0.3 is 10.6 Å². The molecule has 0 amide bonds. The van der Waals surface area contributed by atoms with Crippen LogP contribution < -0.4 is 5.73 Å². The topological polar surface area (TPSA) is 29.3 Å². The highest BCUT2D eigenvalue weighted by Crippen LogP contribution is 2.30. The molecule has 1 aliphatic rings. The number of nitrogens with two attached hydrogens (primary N) is 1. The Labute approximate surface area is 118 Å². The van der Waals surface area contributed by atoms with Gasteiger partial charge in [0.15, 0.2) is 0 Å². The van der Waals surface area contributed by atoms with Crippen molar-refractivity contribution in [3.63, 3.8) is 0 Å². The highest BCUT2D eigenvalue weighted by atomic mass is 15.1. The van der Waals surface area contributed by atoms with Crippen molar-refractivity contribution < 1.29 is 0 Å². The highest BCUT2D eigenvalue weighted by Gasteiger charge is 2.23. The van der Waals surface area contributed by atoms with Crippen LogP contribution in [-0.2, 0) is 0 Å². The molecule has 2 heteroatoms. The largest absolute Gasteiger partial charge is 0.324 e. The Kier molecular flexibility index (Phi) is 5.87. The van der Waals surface area contributed by atoms with Gasteiger partial charge in [-0.25, -0.2) is 0 Å². The highest BCUT2D eigenvalue weighted by molar-refractivity contribution is 5.18. The SMILES string of the molecule is CCCN(CCCC(N)c1ccccc1)CC1CC1. The molecular formula is C17H28N2. The molecule has 1 atom stereocenters. The maximum atomic E-state index is 6.25. The van der Waals surface area contributed by atoms with E-state index in [0.29, 0.717) is 0 Å². The van der Waals surface area contributed by atoms with Crippen molar-refractivity contribution in [3.05, 3.63) is 35.9 Å². The van der Waals surface area contributed by atoms with Crippen molar-refractivity contribution in [3.8, 4) is 0 Å². The summed E-state index contributed by atoms with van der Waals surface area (Å²) in [5, 5.41) is 0. The summed E-state index contributed by atoms with van der Waals surface area (Å²) in [6.45, 7) is 6.05. The van der Waals surface area contributed by atoms with Gasteiger partial charge in [0, 0.05) is 12.6 Å². The molecule has 1 aromatic rings. The third kappa shape index (κ3) is 5.33. The summed E-state index contributed by atoms with van der Waals surface area (Å²) in [4.78, 5) is 2.63. The van der Waals surface area contributed by atoms with Crippen LogP contribution in [0.4, 0.5) is 0 Å². The van der Waals surface area contributed by atoms with Gasteiger partial charge in [0.2, 0.25) is 0 Å². The minimum atomic E-state index is 0.200. The van der Waals surface area contributed by atoms with Crippen molar-refractivity contribution in [1.29, 1.82) is 0 Å². The molecule has 106 valence electrons. The van der Waals surface area contributed by atoms with E-state index in [1.807, 2.05) is 0 Å². The normalized spacial score (nSPS) is 16.8. The van der Waals surface area contributed by atoms with Crippen LogP contribution in [0.5, 0.6) is 0 Å². The molecule has 19 heavy (non-hydrogen) atoms. The van der Waals surface area contributed by atoms with Gasteiger partial charge in [-0.3, -0.25) is 0 Å². The fourth-order valence-corrected chi connectivity index (χ4v) is 2.68. The quantitative estimate of drug-likeness (QED) is 0.735. The molecule has 0 bridgehead atoms. The van der Waals surface area contributed by atoms with Gasteiger partial charge in [0.25, 0.3) is 0 Å². The van der Waals surface area contributed by atoms with Gasteiger partial charge in [0.1, 0.15) is 0 Å². The smallest absolute Gasteiger partial charge is 0.0295 e. The van der Waals surface area contributed by atoms with Crippen LogP contribution in [0.3, 0.4) is 0 Å². The average Bonchev–Trinajstić information content (AvgIpc) is 3.24. The van der Waals surface area contributed by atoms with Crippen molar-refractivity contribution in [2.45, 2.75) is 45.1 Å². The molecule has 0 saturated heterocycles. The van der Waals surface area contributed by atoms with Crippen molar-refractivity contribution in [2.24, 2.45) is 11.7 Å². The fraction of sp³-hybridized carbons (Fsp3) is 0.647. The molecule has 1 aromatic carbocycles. The van der Waals surface area contributed by atoms with Crippen LogP contribution in [0.25, 0.3) is 0 Å². The first kappa shape index (κ1) is 14.5. The van der Waals surface area contributed by atoms with Crippen LogP contribution in [0.2, 0.25) is 0 Å². The predicted octanol–water partition coefficient (Wildman–Crippen LogP) is 3.59. The van der Waals surface area contributed by atoms with Crippen LogP contribution in [0.15, 0.2) is 30.3 Å². The van der Waals surface area contributed by atoms with Crippen molar-refractivity contribution in [2.75, 3.05) is 19.6 Å². The predicted molar refractivity (Wildman–Crippen MR) is 82.1 cm³/mol. The molecule has 2 N–H and O–H groups in total. The molecule has 0 heterocycles. The van der Waals surface area contributed by atoms with Crippen LogP contribution in [-0.4, -0.2) is 24.5 Å². The zero-order chi connectivity index (χ0) is 13.5. The number of hydrogen-bond acceptors (Lipinski definition) is 2. The van der Waals surface area contributed by atoms with E-state index in [1.165, 1.54) is 50.9 Å². The maximum absolute atomic E-state index is 6.25. The van der Waals surface area contributed by atoms with Gasteiger partial charge in [-0.2, -0.15) is 0 Å². The Morgan fingerprint density at radius 3 is 2.58 bits per heavy atom. The van der Waals surface area contributed by atoms with Crippen LogP contribution in [0.1, 0.15) is 50.6 Å². The second kappa shape index (κ2) is 7.66. The average molecular weight is 260 g/mol. The number of benzene rings is 1. The third-order valence-corrected chi connectivity index (χ3v) is 3.97. The zero-order valence-corrected chi connectivity index (χ0v) is 12.2. The minimum absolute atomic E-state index is 0.200. The summed E-state index contributed by atoms with van der Waals surface area (Å²) in [6, 6.07) is 10.7. The summed E-state index contributed by atoms with van der Waals surface area (Å²) in [5.74, 6) is 0.995. The Balaban J connectivity index is 1.68. The number of nitrogens with zero attached hydrogens (tertiary/aromatic N) is 1. The van der Waals surface area contributed by atoms with E-state index in [9.17, 15) is 0 Å². The van der Waals surface area contributed by atoms with Gasteiger partial charge in [0.05, 0.1) is 0 Å². The third-order valence-electron chi connectivity index (χ3n) is 3.97. The Bertz CT molecular complexity index is 346. The van der Waals surface area contributed by atoms with E-state index in [0.717, 1.165) is 12.3 Å². The Morgan fingerprint density at radius 1 is 1.21 bits per heavy atom. The molecule has 1 aliphatic carbocycles. The molecule has 0 spiro atoms. The van der Waals surface area contributed by atoms with E-state index in [-0.39, 0.29) is 6.04 Å². The summed E-state index contributed by atoms with van der Waals surface area (Å²) in [5.41, 5.74) is 7.52.